The van der Waals surface area contributed by atoms with Gasteiger partial charge < -0.3 is 4.90 Å². The van der Waals surface area contributed by atoms with Crippen molar-refractivity contribution >= 4 is 16.8 Å². The van der Waals surface area contributed by atoms with Gasteiger partial charge in [0.25, 0.3) is 5.56 Å². The maximum Gasteiger partial charge on any atom is 0.406 e. The molecular weight excluding hydrogens is 339 g/mol. The number of aromatic nitrogens is 4. The van der Waals surface area contributed by atoms with Gasteiger partial charge in [0.1, 0.15) is 13.1 Å². The maximum absolute atomic E-state index is 12.9. The first kappa shape index (κ1) is 17.4. The van der Waals surface area contributed by atoms with Crippen molar-refractivity contribution in [1.29, 1.82) is 0 Å². The first-order valence-electron chi connectivity index (χ1n) is 7.91. The van der Waals surface area contributed by atoms with Crippen LogP contribution < -0.4 is 5.56 Å². The van der Waals surface area contributed by atoms with E-state index in [1.807, 2.05) is 0 Å². The van der Waals surface area contributed by atoms with Crippen LogP contribution in [0.15, 0.2) is 17.2 Å². The summed E-state index contributed by atoms with van der Waals surface area (Å²) in [6.45, 7) is -0.244. The van der Waals surface area contributed by atoms with Crippen LogP contribution in [-0.2, 0) is 18.4 Å². The van der Waals surface area contributed by atoms with E-state index in [9.17, 15) is 22.8 Å². The zero-order valence-electron chi connectivity index (χ0n) is 13.8. The molecule has 1 fully saturated rings. The van der Waals surface area contributed by atoms with Crippen molar-refractivity contribution in [3.63, 3.8) is 0 Å². The molecule has 0 aliphatic heterocycles. The lowest BCUT2D eigenvalue weighted by atomic mass is 10.1. The minimum atomic E-state index is -4.50. The molecule has 1 unspecified atom stereocenters. The number of carbonyl (C=O) groups excluding carboxylic acids is 1. The molecule has 136 valence electrons. The number of alkyl halides is 3. The second-order valence-corrected chi connectivity index (χ2v) is 6.39. The molecule has 0 bridgehead atoms. The lowest BCUT2D eigenvalue weighted by Crippen LogP contribution is -2.47. The molecule has 0 spiro atoms. The quantitative estimate of drug-likeness (QED) is 0.809. The molecule has 0 N–H and O–H groups in total. The lowest BCUT2D eigenvalue weighted by Gasteiger charge is -2.30. The molecule has 1 atom stereocenters. The monoisotopic (exact) mass is 357 g/mol. The number of fused-ring (bicyclic) bond motifs is 1. The van der Waals surface area contributed by atoms with Gasteiger partial charge in [-0.2, -0.15) is 23.4 Å². The molecule has 0 aromatic carbocycles. The molecule has 7 nitrogen and oxygen atoms in total. The van der Waals surface area contributed by atoms with Crippen LogP contribution in [0.3, 0.4) is 0 Å². The van der Waals surface area contributed by atoms with E-state index < -0.39 is 36.8 Å². The highest BCUT2D eigenvalue weighted by molar-refractivity contribution is 5.78. The normalized spacial score (nSPS) is 16.2. The zero-order valence-corrected chi connectivity index (χ0v) is 13.8. The van der Waals surface area contributed by atoms with Crippen molar-refractivity contribution in [3.8, 4) is 0 Å². The van der Waals surface area contributed by atoms with Crippen molar-refractivity contribution in [1.82, 2.24) is 24.5 Å². The van der Waals surface area contributed by atoms with Gasteiger partial charge in [-0.3, -0.25) is 14.3 Å². The van der Waals surface area contributed by atoms with Gasteiger partial charge in [0.15, 0.2) is 0 Å². The van der Waals surface area contributed by atoms with Crippen molar-refractivity contribution in [2.45, 2.75) is 38.5 Å². The highest BCUT2D eigenvalue weighted by Gasteiger charge is 2.40. The van der Waals surface area contributed by atoms with Crippen molar-refractivity contribution in [2.24, 2.45) is 13.0 Å². The summed E-state index contributed by atoms with van der Waals surface area (Å²) in [5.74, 6) is -0.689. The topological polar surface area (TPSA) is 73.0 Å². The number of amides is 1. The number of rotatable bonds is 5. The van der Waals surface area contributed by atoms with Gasteiger partial charge in [-0.15, -0.1) is 0 Å². The standard InChI is InChI=1S/C15H18F3N5O2/c1-9(10-3-4-10)22(8-15(16,17)18)13(24)7-23-14(25)11-5-19-21(2)12(11)6-20-23/h5-6,9-10H,3-4,7-8H2,1-2H3. The highest BCUT2D eigenvalue weighted by Crippen LogP contribution is 2.36. The van der Waals surface area contributed by atoms with E-state index >= 15 is 0 Å². The Morgan fingerprint density at radius 1 is 1.36 bits per heavy atom. The molecule has 0 radical (unpaired) electrons. The smallest absolute Gasteiger partial charge is 0.329 e. The first-order valence-corrected chi connectivity index (χ1v) is 7.91. The van der Waals surface area contributed by atoms with E-state index in [1.165, 1.54) is 17.1 Å². The maximum atomic E-state index is 12.9. The van der Waals surface area contributed by atoms with Crippen LogP contribution >= 0.6 is 0 Å². The average molecular weight is 357 g/mol. The van der Waals surface area contributed by atoms with E-state index in [0.29, 0.717) is 5.52 Å². The van der Waals surface area contributed by atoms with E-state index in [1.54, 1.807) is 14.0 Å². The summed E-state index contributed by atoms with van der Waals surface area (Å²) in [5.41, 5.74) is -0.0582. The summed E-state index contributed by atoms with van der Waals surface area (Å²) < 4.78 is 40.9. The van der Waals surface area contributed by atoms with Gasteiger partial charge >= 0.3 is 6.18 Å². The summed E-state index contributed by atoms with van der Waals surface area (Å²) in [6.07, 6.45) is -0.161. The molecule has 1 amide bonds. The Hall–Kier alpha value is -2.39. The zero-order chi connectivity index (χ0) is 18.4. The van der Waals surface area contributed by atoms with Crippen LogP contribution in [0.2, 0.25) is 0 Å². The molecule has 1 aliphatic rings. The molecule has 2 aromatic rings. The van der Waals surface area contributed by atoms with Crippen LogP contribution in [-0.4, -0.2) is 49.1 Å². The molecule has 0 saturated heterocycles. The second kappa shape index (κ2) is 6.16. The minimum Gasteiger partial charge on any atom is -0.329 e. The molecule has 2 heterocycles. The number of halogens is 3. The van der Waals surface area contributed by atoms with Gasteiger partial charge in [0, 0.05) is 13.1 Å². The Balaban J connectivity index is 1.85. The summed E-state index contributed by atoms with van der Waals surface area (Å²) in [7, 11) is 1.64. The third kappa shape index (κ3) is 3.67. The lowest BCUT2D eigenvalue weighted by molar-refractivity contribution is -0.166. The minimum absolute atomic E-state index is 0.0804. The Labute approximate surface area is 141 Å². The second-order valence-electron chi connectivity index (χ2n) is 6.39. The van der Waals surface area contributed by atoms with Gasteiger partial charge in [-0.05, 0) is 25.7 Å². The van der Waals surface area contributed by atoms with E-state index in [-0.39, 0.29) is 11.3 Å². The predicted octanol–water partition coefficient (Wildman–Crippen LogP) is 1.32. The summed E-state index contributed by atoms with van der Waals surface area (Å²) in [5, 5.41) is 8.10. The molecular formula is C15H18F3N5O2. The van der Waals surface area contributed by atoms with E-state index in [0.717, 1.165) is 22.4 Å². The Kier molecular flexibility index (Phi) is 4.29. The summed E-state index contributed by atoms with van der Waals surface area (Å²) in [4.78, 5) is 25.6. The largest absolute Gasteiger partial charge is 0.406 e. The van der Waals surface area contributed by atoms with E-state index in [2.05, 4.69) is 10.2 Å². The average Bonchev–Trinajstić information content (AvgIpc) is 3.30. The van der Waals surface area contributed by atoms with Crippen LogP contribution in [0.1, 0.15) is 19.8 Å². The third-order valence-electron chi connectivity index (χ3n) is 4.52. The highest BCUT2D eigenvalue weighted by atomic mass is 19.4. The number of aryl methyl sites for hydroxylation is 1. The van der Waals surface area contributed by atoms with Gasteiger partial charge in [0.2, 0.25) is 5.91 Å². The molecule has 3 rings (SSSR count). The van der Waals surface area contributed by atoms with Crippen LogP contribution in [0.4, 0.5) is 13.2 Å². The van der Waals surface area contributed by atoms with Crippen LogP contribution in [0.5, 0.6) is 0 Å². The van der Waals surface area contributed by atoms with E-state index in [4.69, 9.17) is 0 Å². The SMILES string of the molecule is CC(C1CC1)N(CC(F)(F)F)C(=O)Cn1ncc2c(cnn2C)c1=O. The third-order valence-corrected chi connectivity index (χ3v) is 4.52. The fourth-order valence-electron chi connectivity index (χ4n) is 2.90. The van der Waals surface area contributed by atoms with Crippen molar-refractivity contribution in [2.75, 3.05) is 6.54 Å². The molecule has 10 heteroatoms. The van der Waals surface area contributed by atoms with Crippen LogP contribution in [0.25, 0.3) is 10.9 Å². The van der Waals surface area contributed by atoms with Gasteiger partial charge in [-0.25, -0.2) is 4.68 Å². The summed E-state index contributed by atoms with van der Waals surface area (Å²) in [6, 6.07) is -0.521. The predicted molar refractivity (Wildman–Crippen MR) is 82.7 cm³/mol. The Bertz CT molecular complexity index is 853. The number of carbonyl (C=O) groups is 1. The number of hydrogen-bond acceptors (Lipinski definition) is 4. The number of nitrogens with zero attached hydrogens (tertiary/aromatic N) is 5. The molecule has 1 aliphatic carbocycles. The van der Waals surface area contributed by atoms with Gasteiger partial charge in [0.05, 0.1) is 23.3 Å². The Morgan fingerprint density at radius 3 is 2.64 bits per heavy atom. The first-order chi connectivity index (χ1) is 11.7. The Morgan fingerprint density at radius 2 is 2.04 bits per heavy atom. The summed E-state index contributed by atoms with van der Waals surface area (Å²) >= 11 is 0. The molecule has 1 saturated carbocycles. The molecule has 25 heavy (non-hydrogen) atoms. The fraction of sp³-hybridized carbons (Fsp3) is 0.600. The number of hydrogen-bond donors (Lipinski definition) is 0. The van der Waals surface area contributed by atoms with Crippen molar-refractivity contribution in [3.05, 3.63) is 22.7 Å². The van der Waals surface area contributed by atoms with Crippen molar-refractivity contribution < 1.29 is 18.0 Å². The fourth-order valence-corrected chi connectivity index (χ4v) is 2.90. The van der Waals surface area contributed by atoms with Crippen LogP contribution in [0, 0.1) is 5.92 Å². The molecule has 2 aromatic heterocycles. The van der Waals surface area contributed by atoms with Gasteiger partial charge in [-0.1, -0.05) is 0 Å².